The fourth-order valence-electron chi connectivity index (χ4n) is 2.68. The summed E-state index contributed by atoms with van der Waals surface area (Å²) in [6, 6.07) is 7.11. The standard InChI is InChI=1S/C15H23N3O2S/c1-2-4-12-6-8-14(9-7-12)21(19,20)18-10-3-5-13(11-18)15(16)17/h6-9,13H,2-5,10-11H2,1H3,(H3,16,17). The van der Waals surface area contributed by atoms with Crippen LogP contribution < -0.4 is 5.73 Å². The van der Waals surface area contributed by atoms with E-state index in [0.29, 0.717) is 18.0 Å². The molecule has 1 aromatic carbocycles. The molecule has 5 nitrogen and oxygen atoms in total. The highest BCUT2D eigenvalue weighted by Gasteiger charge is 2.31. The predicted molar refractivity (Wildman–Crippen MR) is 83.8 cm³/mol. The van der Waals surface area contributed by atoms with Gasteiger partial charge in [-0.2, -0.15) is 4.31 Å². The summed E-state index contributed by atoms with van der Waals surface area (Å²) in [5, 5.41) is 7.52. The van der Waals surface area contributed by atoms with Gasteiger partial charge in [-0.15, -0.1) is 0 Å². The Morgan fingerprint density at radius 3 is 2.62 bits per heavy atom. The summed E-state index contributed by atoms with van der Waals surface area (Å²) in [6.07, 6.45) is 3.53. The van der Waals surface area contributed by atoms with E-state index in [0.717, 1.165) is 31.2 Å². The lowest BCUT2D eigenvalue weighted by Crippen LogP contribution is -2.43. The Kier molecular flexibility index (Phi) is 5.00. The monoisotopic (exact) mass is 309 g/mol. The van der Waals surface area contributed by atoms with Crippen molar-refractivity contribution in [1.29, 1.82) is 5.41 Å². The summed E-state index contributed by atoms with van der Waals surface area (Å²) in [5.41, 5.74) is 6.68. The van der Waals surface area contributed by atoms with Crippen molar-refractivity contribution < 1.29 is 8.42 Å². The first kappa shape index (κ1) is 16.0. The molecule has 1 aliphatic heterocycles. The van der Waals surface area contributed by atoms with E-state index in [4.69, 9.17) is 11.1 Å². The van der Waals surface area contributed by atoms with Crippen LogP contribution in [0.1, 0.15) is 31.7 Å². The lowest BCUT2D eigenvalue weighted by atomic mass is 9.99. The van der Waals surface area contributed by atoms with Crippen LogP contribution >= 0.6 is 0 Å². The Bertz CT molecular complexity index is 596. The van der Waals surface area contributed by atoms with Crippen molar-refractivity contribution in [2.45, 2.75) is 37.5 Å². The number of hydrogen-bond acceptors (Lipinski definition) is 3. The predicted octanol–water partition coefficient (Wildman–Crippen LogP) is 1.98. The maximum Gasteiger partial charge on any atom is 0.243 e. The van der Waals surface area contributed by atoms with Crippen molar-refractivity contribution in [2.24, 2.45) is 11.7 Å². The van der Waals surface area contributed by atoms with Gasteiger partial charge in [0.15, 0.2) is 0 Å². The number of sulfonamides is 1. The Morgan fingerprint density at radius 2 is 2.05 bits per heavy atom. The fraction of sp³-hybridized carbons (Fsp3) is 0.533. The highest BCUT2D eigenvalue weighted by atomic mass is 32.2. The van der Waals surface area contributed by atoms with Gasteiger partial charge in [0.25, 0.3) is 0 Å². The molecule has 6 heteroatoms. The van der Waals surface area contributed by atoms with Gasteiger partial charge in [-0.3, -0.25) is 5.41 Å². The number of nitrogens with one attached hydrogen (secondary N) is 1. The highest BCUT2D eigenvalue weighted by molar-refractivity contribution is 7.89. The Labute approximate surface area is 126 Å². The third kappa shape index (κ3) is 3.63. The Morgan fingerprint density at radius 1 is 1.38 bits per heavy atom. The van der Waals surface area contributed by atoms with E-state index >= 15 is 0 Å². The summed E-state index contributed by atoms with van der Waals surface area (Å²) in [7, 11) is -3.48. The largest absolute Gasteiger partial charge is 0.387 e. The molecule has 2 rings (SSSR count). The molecule has 1 unspecified atom stereocenters. The van der Waals surface area contributed by atoms with Gasteiger partial charge in [-0.1, -0.05) is 25.5 Å². The van der Waals surface area contributed by atoms with Crippen LogP contribution in [0.2, 0.25) is 0 Å². The zero-order valence-corrected chi connectivity index (χ0v) is 13.2. The minimum atomic E-state index is -3.48. The van der Waals surface area contributed by atoms with Crippen molar-refractivity contribution in [3.63, 3.8) is 0 Å². The third-order valence-electron chi connectivity index (χ3n) is 3.92. The van der Waals surface area contributed by atoms with Gasteiger partial charge in [0.2, 0.25) is 10.0 Å². The number of hydrogen-bond donors (Lipinski definition) is 2. The van der Waals surface area contributed by atoms with E-state index in [1.165, 1.54) is 4.31 Å². The normalized spacial score (nSPS) is 20.3. The van der Waals surface area contributed by atoms with Crippen molar-refractivity contribution in [2.75, 3.05) is 13.1 Å². The van der Waals surface area contributed by atoms with Gasteiger partial charge in [0.05, 0.1) is 10.7 Å². The van der Waals surface area contributed by atoms with Crippen LogP contribution in [0.25, 0.3) is 0 Å². The molecular formula is C15H23N3O2S. The average molecular weight is 309 g/mol. The molecule has 3 N–H and O–H groups in total. The molecule has 1 atom stereocenters. The van der Waals surface area contributed by atoms with Crippen LogP contribution in [0.5, 0.6) is 0 Å². The zero-order chi connectivity index (χ0) is 15.5. The van der Waals surface area contributed by atoms with Gasteiger partial charge >= 0.3 is 0 Å². The van der Waals surface area contributed by atoms with Crippen LogP contribution in [0.4, 0.5) is 0 Å². The molecule has 0 aromatic heterocycles. The van der Waals surface area contributed by atoms with Gasteiger partial charge < -0.3 is 5.73 Å². The molecule has 1 aromatic rings. The molecule has 0 spiro atoms. The molecule has 0 saturated carbocycles. The molecule has 0 radical (unpaired) electrons. The first-order valence-corrected chi connectivity index (χ1v) is 8.82. The van der Waals surface area contributed by atoms with E-state index in [1.807, 2.05) is 12.1 Å². The maximum atomic E-state index is 12.6. The number of piperidine rings is 1. The van der Waals surface area contributed by atoms with E-state index in [-0.39, 0.29) is 11.8 Å². The topological polar surface area (TPSA) is 87.2 Å². The van der Waals surface area contributed by atoms with Crippen LogP contribution in [-0.4, -0.2) is 31.6 Å². The van der Waals surface area contributed by atoms with Gasteiger partial charge in [-0.25, -0.2) is 8.42 Å². The van der Waals surface area contributed by atoms with E-state index in [1.54, 1.807) is 12.1 Å². The van der Waals surface area contributed by atoms with Crippen molar-refractivity contribution in [3.05, 3.63) is 29.8 Å². The molecule has 0 bridgehead atoms. The van der Waals surface area contributed by atoms with Crippen LogP contribution in [0.3, 0.4) is 0 Å². The number of amidine groups is 1. The third-order valence-corrected chi connectivity index (χ3v) is 5.80. The number of nitrogens with zero attached hydrogens (tertiary/aromatic N) is 1. The number of benzene rings is 1. The molecule has 1 heterocycles. The van der Waals surface area contributed by atoms with Gasteiger partial charge in [0.1, 0.15) is 0 Å². The summed E-state index contributed by atoms with van der Waals surface area (Å²) < 4.78 is 26.7. The number of aryl methyl sites for hydroxylation is 1. The van der Waals surface area contributed by atoms with Gasteiger partial charge in [-0.05, 0) is 37.0 Å². The molecule has 1 saturated heterocycles. The Balaban J connectivity index is 2.18. The molecule has 116 valence electrons. The van der Waals surface area contributed by atoms with Crippen LogP contribution in [0, 0.1) is 11.3 Å². The van der Waals surface area contributed by atoms with Crippen LogP contribution in [0.15, 0.2) is 29.2 Å². The van der Waals surface area contributed by atoms with Crippen molar-refractivity contribution in [1.82, 2.24) is 4.31 Å². The second-order valence-electron chi connectivity index (χ2n) is 5.55. The molecule has 1 fully saturated rings. The Hall–Kier alpha value is -1.40. The minimum absolute atomic E-state index is 0.0770. The maximum absolute atomic E-state index is 12.6. The average Bonchev–Trinajstić information content (AvgIpc) is 2.48. The van der Waals surface area contributed by atoms with Crippen molar-refractivity contribution >= 4 is 15.9 Å². The molecule has 0 aliphatic carbocycles. The molecule has 1 aliphatic rings. The zero-order valence-electron chi connectivity index (χ0n) is 12.4. The first-order valence-electron chi connectivity index (χ1n) is 7.38. The summed E-state index contributed by atoms with van der Waals surface area (Å²) in [5.74, 6) is -0.0823. The van der Waals surface area contributed by atoms with Crippen LogP contribution in [-0.2, 0) is 16.4 Å². The van der Waals surface area contributed by atoms with E-state index in [2.05, 4.69) is 6.92 Å². The lowest BCUT2D eigenvalue weighted by molar-refractivity contribution is 0.310. The first-order chi connectivity index (χ1) is 9.95. The highest BCUT2D eigenvalue weighted by Crippen LogP contribution is 2.24. The van der Waals surface area contributed by atoms with E-state index < -0.39 is 10.0 Å². The smallest absolute Gasteiger partial charge is 0.243 e. The quantitative estimate of drug-likeness (QED) is 0.644. The lowest BCUT2D eigenvalue weighted by Gasteiger charge is -2.31. The number of nitrogens with two attached hydrogens (primary N) is 1. The molecule has 0 amide bonds. The summed E-state index contributed by atoms with van der Waals surface area (Å²) >= 11 is 0. The summed E-state index contributed by atoms with van der Waals surface area (Å²) in [6.45, 7) is 2.91. The minimum Gasteiger partial charge on any atom is -0.387 e. The van der Waals surface area contributed by atoms with Gasteiger partial charge in [0, 0.05) is 19.0 Å². The fourth-order valence-corrected chi connectivity index (χ4v) is 4.20. The van der Waals surface area contributed by atoms with Crippen molar-refractivity contribution in [3.8, 4) is 0 Å². The molecular weight excluding hydrogens is 286 g/mol. The second-order valence-corrected chi connectivity index (χ2v) is 7.49. The van der Waals surface area contributed by atoms with E-state index in [9.17, 15) is 8.42 Å². The molecule has 21 heavy (non-hydrogen) atoms. The number of rotatable bonds is 5. The second kappa shape index (κ2) is 6.58. The SMILES string of the molecule is CCCc1ccc(S(=O)(=O)N2CCCC(C(=N)N)C2)cc1. The summed E-state index contributed by atoms with van der Waals surface area (Å²) in [4.78, 5) is 0.326.